The van der Waals surface area contributed by atoms with Crippen molar-refractivity contribution in [2.24, 2.45) is 0 Å². The summed E-state index contributed by atoms with van der Waals surface area (Å²) >= 11 is 6.20. The summed E-state index contributed by atoms with van der Waals surface area (Å²) in [6, 6.07) is 16.7. The summed E-state index contributed by atoms with van der Waals surface area (Å²) < 4.78 is 7.15. The van der Waals surface area contributed by atoms with Gasteiger partial charge in [0.15, 0.2) is 0 Å². The van der Waals surface area contributed by atoms with Crippen LogP contribution in [0.3, 0.4) is 0 Å². The van der Waals surface area contributed by atoms with Crippen molar-refractivity contribution in [3.8, 4) is 5.69 Å². The molecule has 0 aliphatic carbocycles. The van der Waals surface area contributed by atoms with Crippen LogP contribution in [0.1, 0.15) is 38.6 Å². The number of hydrogen-bond acceptors (Lipinski definition) is 4. The molecule has 0 bridgehead atoms. The minimum atomic E-state index is -0.139. The third-order valence-corrected chi connectivity index (χ3v) is 5.63. The number of furan rings is 1. The normalized spacial score (nSPS) is 10.9. The number of anilines is 1. The van der Waals surface area contributed by atoms with Crippen LogP contribution in [-0.4, -0.2) is 15.7 Å². The third-order valence-electron chi connectivity index (χ3n) is 5.30. The van der Waals surface area contributed by atoms with Gasteiger partial charge in [-0.3, -0.25) is 4.79 Å². The monoisotopic (exact) mass is 434 g/mol. The number of nitrogen functional groups attached to an aromatic ring is 1. The predicted octanol–water partition coefficient (Wildman–Crippen LogP) is 4.84. The molecule has 2 aromatic carbocycles. The zero-order valence-electron chi connectivity index (χ0n) is 17.4. The second kappa shape index (κ2) is 8.70. The number of nitrogens with one attached hydrogen (secondary N) is 1. The molecule has 3 N–H and O–H groups in total. The van der Waals surface area contributed by atoms with Crippen molar-refractivity contribution in [3.05, 3.63) is 99.7 Å². The molecule has 2 aromatic heterocycles. The molecule has 2 heterocycles. The minimum Gasteiger partial charge on any atom is -0.467 e. The van der Waals surface area contributed by atoms with Gasteiger partial charge in [0.2, 0.25) is 0 Å². The largest absolute Gasteiger partial charge is 0.467 e. The number of nitrogens with zero attached hydrogens (tertiary/aromatic N) is 2. The average molecular weight is 435 g/mol. The quantitative estimate of drug-likeness (QED) is 0.425. The van der Waals surface area contributed by atoms with E-state index in [1.165, 1.54) is 0 Å². The van der Waals surface area contributed by atoms with Gasteiger partial charge in [0, 0.05) is 23.2 Å². The Bertz CT molecular complexity index is 1230. The number of halogens is 1. The lowest BCUT2D eigenvalue weighted by molar-refractivity contribution is 0.0947. The van der Waals surface area contributed by atoms with E-state index in [0.29, 0.717) is 35.0 Å². The highest BCUT2D eigenvalue weighted by Crippen LogP contribution is 2.26. The maximum atomic E-state index is 12.8. The first-order valence-corrected chi connectivity index (χ1v) is 10.3. The fourth-order valence-electron chi connectivity index (χ4n) is 3.59. The van der Waals surface area contributed by atoms with E-state index in [9.17, 15) is 4.79 Å². The van der Waals surface area contributed by atoms with E-state index in [-0.39, 0.29) is 5.91 Å². The highest BCUT2D eigenvalue weighted by atomic mass is 35.5. The van der Waals surface area contributed by atoms with Crippen LogP contribution in [0.4, 0.5) is 5.69 Å². The fourth-order valence-corrected chi connectivity index (χ4v) is 3.77. The van der Waals surface area contributed by atoms with Gasteiger partial charge in [0.05, 0.1) is 34.9 Å². The van der Waals surface area contributed by atoms with Crippen molar-refractivity contribution in [2.75, 3.05) is 5.73 Å². The van der Waals surface area contributed by atoms with Gasteiger partial charge < -0.3 is 15.5 Å². The highest BCUT2D eigenvalue weighted by molar-refractivity contribution is 6.33. The number of hydrogen-bond donors (Lipinski definition) is 2. The first kappa shape index (κ1) is 20.8. The molecular weight excluding hydrogens is 412 g/mol. The van der Waals surface area contributed by atoms with E-state index in [2.05, 4.69) is 5.32 Å². The average Bonchev–Trinajstić information content (AvgIpc) is 3.38. The Balaban J connectivity index is 1.60. The van der Waals surface area contributed by atoms with Gasteiger partial charge >= 0.3 is 0 Å². The Kier molecular flexibility index (Phi) is 5.82. The van der Waals surface area contributed by atoms with Gasteiger partial charge in [-0.25, -0.2) is 4.68 Å². The lowest BCUT2D eigenvalue weighted by Gasteiger charge is -2.11. The molecule has 0 spiro atoms. The molecule has 7 heteroatoms. The van der Waals surface area contributed by atoms with Gasteiger partial charge in [-0.1, -0.05) is 29.8 Å². The van der Waals surface area contributed by atoms with E-state index in [0.717, 1.165) is 28.2 Å². The van der Waals surface area contributed by atoms with Crippen molar-refractivity contribution >= 4 is 23.2 Å². The lowest BCUT2D eigenvalue weighted by Crippen LogP contribution is -2.23. The van der Waals surface area contributed by atoms with Gasteiger partial charge in [-0.15, -0.1) is 0 Å². The van der Waals surface area contributed by atoms with E-state index < -0.39 is 0 Å². The second-order valence-corrected chi connectivity index (χ2v) is 7.77. The first-order valence-electron chi connectivity index (χ1n) is 9.93. The molecule has 0 radical (unpaired) electrons. The number of aromatic nitrogens is 2. The van der Waals surface area contributed by atoms with Crippen molar-refractivity contribution < 1.29 is 9.21 Å². The smallest absolute Gasteiger partial charge is 0.251 e. The van der Waals surface area contributed by atoms with Gasteiger partial charge in [-0.2, -0.15) is 5.10 Å². The Hall–Kier alpha value is -3.51. The van der Waals surface area contributed by atoms with Crippen molar-refractivity contribution in [3.63, 3.8) is 0 Å². The molecule has 158 valence electrons. The molecule has 6 nitrogen and oxygen atoms in total. The Morgan fingerprint density at radius 2 is 1.97 bits per heavy atom. The van der Waals surface area contributed by atoms with Crippen molar-refractivity contribution in [1.29, 1.82) is 0 Å². The molecule has 31 heavy (non-hydrogen) atoms. The number of aryl methyl sites for hydroxylation is 1. The molecule has 1 amide bonds. The molecule has 0 aliphatic heterocycles. The van der Waals surface area contributed by atoms with Crippen LogP contribution in [0.25, 0.3) is 5.69 Å². The van der Waals surface area contributed by atoms with Crippen LogP contribution in [0, 0.1) is 13.8 Å². The Labute approximate surface area is 185 Å². The summed E-state index contributed by atoms with van der Waals surface area (Å²) in [7, 11) is 0. The standard InChI is InChI=1S/C24H23ClN4O2/c1-15-21(16(2)29(28-15)18-9-10-23(26)22(25)13-18)12-17-6-3-4-8-20(17)24(30)27-14-19-7-5-11-31-19/h3-11,13H,12,14,26H2,1-2H3,(H,27,30). The van der Waals surface area contributed by atoms with Crippen LogP contribution < -0.4 is 11.1 Å². The summed E-state index contributed by atoms with van der Waals surface area (Å²) in [5, 5.41) is 8.11. The molecule has 0 unspecified atom stereocenters. The number of carbonyl (C=O) groups excluding carboxylic acids is 1. The van der Waals surface area contributed by atoms with E-state index >= 15 is 0 Å². The molecule has 0 aliphatic rings. The Morgan fingerprint density at radius 1 is 1.16 bits per heavy atom. The van der Waals surface area contributed by atoms with Gasteiger partial charge in [0.1, 0.15) is 5.76 Å². The van der Waals surface area contributed by atoms with Crippen LogP contribution in [0.5, 0.6) is 0 Å². The summed E-state index contributed by atoms with van der Waals surface area (Å²) in [5.41, 5.74) is 11.7. The molecular formula is C24H23ClN4O2. The van der Waals surface area contributed by atoms with E-state index in [1.54, 1.807) is 24.5 Å². The molecule has 0 atom stereocenters. The number of benzene rings is 2. The summed E-state index contributed by atoms with van der Waals surface area (Å²) in [5.74, 6) is 0.570. The van der Waals surface area contributed by atoms with Crippen molar-refractivity contribution in [1.82, 2.24) is 15.1 Å². The fraction of sp³-hybridized carbons (Fsp3) is 0.167. The Morgan fingerprint density at radius 3 is 2.71 bits per heavy atom. The number of nitrogens with two attached hydrogens (primary N) is 1. The van der Waals surface area contributed by atoms with Gasteiger partial charge in [0.25, 0.3) is 5.91 Å². The zero-order valence-corrected chi connectivity index (χ0v) is 18.1. The van der Waals surface area contributed by atoms with E-state index in [1.807, 2.05) is 54.9 Å². The third kappa shape index (κ3) is 4.34. The number of rotatable bonds is 6. The minimum absolute atomic E-state index is 0.139. The van der Waals surface area contributed by atoms with Crippen LogP contribution in [-0.2, 0) is 13.0 Å². The van der Waals surface area contributed by atoms with Crippen LogP contribution in [0.15, 0.2) is 65.3 Å². The molecule has 0 saturated carbocycles. The molecule has 0 saturated heterocycles. The lowest BCUT2D eigenvalue weighted by atomic mass is 9.98. The second-order valence-electron chi connectivity index (χ2n) is 7.36. The van der Waals surface area contributed by atoms with Crippen LogP contribution in [0.2, 0.25) is 5.02 Å². The highest BCUT2D eigenvalue weighted by Gasteiger charge is 2.17. The topological polar surface area (TPSA) is 86.1 Å². The maximum Gasteiger partial charge on any atom is 0.251 e. The maximum absolute atomic E-state index is 12.8. The van der Waals surface area contributed by atoms with Crippen LogP contribution >= 0.6 is 11.6 Å². The molecule has 4 rings (SSSR count). The summed E-state index contributed by atoms with van der Waals surface area (Å²) in [4.78, 5) is 12.8. The number of amides is 1. The van der Waals surface area contributed by atoms with Gasteiger partial charge in [-0.05, 0) is 55.8 Å². The zero-order chi connectivity index (χ0) is 22.0. The summed E-state index contributed by atoms with van der Waals surface area (Å²) in [6.07, 6.45) is 2.18. The predicted molar refractivity (Wildman–Crippen MR) is 122 cm³/mol. The first-order chi connectivity index (χ1) is 14.9. The molecule has 0 fully saturated rings. The SMILES string of the molecule is Cc1nn(-c2ccc(N)c(Cl)c2)c(C)c1Cc1ccccc1C(=O)NCc1ccco1. The van der Waals surface area contributed by atoms with Crippen molar-refractivity contribution in [2.45, 2.75) is 26.8 Å². The number of carbonyl (C=O) groups is 1. The molecule has 4 aromatic rings. The summed E-state index contributed by atoms with van der Waals surface area (Å²) in [6.45, 7) is 4.32. The van der Waals surface area contributed by atoms with E-state index in [4.69, 9.17) is 26.9 Å².